The molecule has 1 aliphatic heterocycles. The van der Waals surface area contributed by atoms with Gasteiger partial charge in [0.25, 0.3) is 5.56 Å². The van der Waals surface area contributed by atoms with Crippen LogP contribution in [-0.4, -0.2) is 31.4 Å². The lowest BCUT2D eigenvalue weighted by Gasteiger charge is -2.16. The Morgan fingerprint density at radius 1 is 1.09 bits per heavy atom. The molecule has 0 aliphatic carbocycles. The Bertz CT molecular complexity index is 1520. The molecule has 2 aromatic heterocycles. The van der Waals surface area contributed by atoms with E-state index in [0.717, 1.165) is 15.7 Å². The van der Waals surface area contributed by atoms with E-state index in [4.69, 9.17) is 9.47 Å². The van der Waals surface area contributed by atoms with E-state index in [0.29, 0.717) is 29.2 Å². The third-order valence-corrected chi connectivity index (χ3v) is 6.08. The summed E-state index contributed by atoms with van der Waals surface area (Å²) < 4.78 is 14.8. The Morgan fingerprint density at radius 2 is 1.86 bits per heavy atom. The van der Waals surface area contributed by atoms with Crippen molar-refractivity contribution in [3.8, 4) is 11.5 Å². The highest BCUT2D eigenvalue weighted by molar-refractivity contribution is 5.77. The molecule has 1 N–H and O–H groups in total. The number of nitrogens with one attached hydrogen (secondary N) is 1. The predicted octanol–water partition coefficient (Wildman–Crippen LogP) is 2.03. The third kappa shape index (κ3) is 4.18. The van der Waals surface area contributed by atoms with Crippen LogP contribution in [0.25, 0.3) is 11.2 Å². The van der Waals surface area contributed by atoms with Crippen molar-refractivity contribution in [1.82, 2.24) is 24.0 Å². The molecule has 0 spiro atoms. The molecule has 10 heteroatoms. The number of aromatic nitrogens is 4. The summed E-state index contributed by atoms with van der Waals surface area (Å²) in [5, 5.41) is 2.86. The van der Waals surface area contributed by atoms with Crippen molar-refractivity contribution in [2.24, 2.45) is 0 Å². The van der Waals surface area contributed by atoms with Gasteiger partial charge in [0, 0.05) is 6.54 Å². The number of nitrogens with zero attached hydrogens (tertiary/aromatic N) is 4. The van der Waals surface area contributed by atoms with Crippen LogP contribution in [0.2, 0.25) is 0 Å². The van der Waals surface area contributed by atoms with Gasteiger partial charge in [0.05, 0.1) is 18.9 Å². The molecule has 1 amide bonds. The summed E-state index contributed by atoms with van der Waals surface area (Å²) in [7, 11) is 0. The average molecular weight is 476 g/mol. The summed E-state index contributed by atoms with van der Waals surface area (Å²) in [6.45, 7) is 4.19. The second-order valence-corrected chi connectivity index (χ2v) is 8.35. The van der Waals surface area contributed by atoms with Gasteiger partial charge in [-0.15, -0.1) is 0 Å². The molecule has 0 unspecified atom stereocenters. The number of fused-ring (bicyclic) bond motifs is 2. The minimum absolute atomic E-state index is 0.161. The summed E-state index contributed by atoms with van der Waals surface area (Å²) in [5.74, 6) is 0.808. The van der Waals surface area contributed by atoms with E-state index in [1.165, 1.54) is 4.57 Å². The van der Waals surface area contributed by atoms with Crippen molar-refractivity contribution in [3.05, 3.63) is 86.8 Å². The maximum absolute atomic E-state index is 13.4. The number of hydrogen-bond acceptors (Lipinski definition) is 6. The van der Waals surface area contributed by atoms with E-state index in [-0.39, 0.29) is 19.4 Å². The van der Waals surface area contributed by atoms with Gasteiger partial charge in [0.1, 0.15) is 6.54 Å². The number of imidazole rings is 1. The van der Waals surface area contributed by atoms with Crippen LogP contribution < -0.4 is 26.0 Å². The maximum Gasteiger partial charge on any atom is 0.333 e. The van der Waals surface area contributed by atoms with Gasteiger partial charge in [-0.3, -0.25) is 14.2 Å². The molecule has 1 atom stereocenters. The van der Waals surface area contributed by atoms with Crippen molar-refractivity contribution in [2.75, 3.05) is 6.79 Å². The highest BCUT2D eigenvalue weighted by Gasteiger charge is 2.21. The zero-order valence-corrected chi connectivity index (χ0v) is 19.4. The van der Waals surface area contributed by atoms with Gasteiger partial charge in [-0.2, -0.15) is 0 Å². The van der Waals surface area contributed by atoms with Gasteiger partial charge in [0.15, 0.2) is 22.7 Å². The van der Waals surface area contributed by atoms with Crippen molar-refractivity contribution in [2.45, 2.75) is 39.5 Å². The van der Waals surface area contributed by atoms with E-state index in [1.54, 1.807) is 23.0 Å². The number of carbonyl (C=O) groups is 1. The molecule has 0 fully saturated rings. The van der Waals surface area contributed by atoms with E-state index in [2.05, 4.69) is 10.3 Å². The van der Waals surface area contributed by atoms with E-state index in [1.807, 2.05) is 50.2 Å². The quantitative estimate of drug-likeness (QED) is 0.438. The summed E-state index contributed by atoms with van der Waals surface area (Å²) in [5.41, 5.74) is 1.16. The molecule has 1 aliphatic rings. The van der Waals surface area contributed by atoms with E-state index in [9.17, 15) is 14.4 Å². The fourth-order valence-electron chi connectivity index (χ4n) is 4.22. The van der Waals surface area contributed by atoms with Crippen LogP contribution in [0.4, 0.5) is 0 Å². The highest BCUT2D eigenvalue weighted by atomic mass is 16.7. The molecule has 0 bridgehead atoms. The van der Waals surface area contributed by atoms with Crippen LogP contribution >= 0.6 is 0 Å². The molecule has 3 heterocycles. The van der Waals surface area contributed by atoms with Crippen molar-refractivity contribution in [1.29, 1.82) is 0 Å². The zero-order valence-electron chi connectivity index (χ0n) is 19.4. The number of rotatable bonds is 7. The first-order valence-electron chi connectivity index (χ1n) is 11.4. The summed E-state index contributed by atoms with van der Waals surface area (Å²) >= 11 is 0. The Morgan fingerprint density at radius 3 is 2.63 bits per heavy atom. The standard InChI is InChI=1S/C25H25N5O5/c1-3-28-14-26-23-22(28)24(32)30(25(33)29(23)12-17-7-5-4-6-8-17)13-21(31)27-16(2)18-9-10-19-20(11-18)35-15-34-19/h4-11,14,16H,3,12-13,15H2,1-2H3,(H,27,31)/t16-/m1/s1. The average Bonchev–Trinajstić information content (AvgIpc) is 3.51. The smallest absolute Gasteiger partial charge is 0.333 e. The minimum atomic E-state index is -0.585. The van der Waals surface area contributed by atoms with Crippen LogP contribution in [0.1, 0.15) is 31.0 Å². The van der Waals surface area contributed by atoms with Crippen LogP contribution in [-0.2, 0) is 24.4 Å². The predicted molar refractivity (Wildman–Crippen MR) is 129 cm³/mol. The second kappa shape index (κ2) is 9.13. The van der Waals surface area contributed by atoms with E-state index >= 15 is 0 Å². The fourth-order valence-corrected chi connectivity index (χ4v) is 4.22. The Balaban J connectivity index is 1.47. The highest BCUT2D eigenvalue weighted by Crippen LogP contribution is 2.34. The lowest BCUT2D eigenvalue weighted by Crippen LogP contribution is -2.44. The molecule has 180 valence electrons. The lowest BCUT2D eigenvalue weighted by atomic mass is 10.1. The first-order valence-corrected chi connectivity index (χ1v) is 11.4. The van der Waals surface area contributed by atoms with Gasteiger partial charge < -0.3 is 19.4 Å². The molecule has 10 nitrogen and oxygen atoms in total. The Kier molecular flexibility index (Phi) is 5.86. The molecule has 0 saturated carbocycles. The largest absolute Gasteiger partial charge is 0.454 e. The van der Waals surface area contributed by atoms with Gasteiger partial charge >= 0.3 is 5.69 Å². The molecule has 0 radical (unpaired) electrons. The van der Waals surface area contributed by atoms with Crippen LogP contribution in [0.5, 0.6) is 11.5 Å². The monoisotopic (exact) mass is 475 g/mol. The molecular formula is C25H25N5O5. The van der Waals surface area contributed by atoms with Crippen LogP contribution in [0, 0.1) is 0 Å². The number of ether oxygens (including phenoxy) is 2. The van der Waals surface area contributed by atoms with Gasteiger partial charge in [-0.1, -0.05) is 36.4 Å². The number of amides is 1. The number of benzene rings is 2. The van der Waals surface area contributed by atoms with Crippen molar-refractivity contribution < 1.29 is 14.3 Å². The first-order chi connectivity index (χ1) is 17.0. The maximum atomic E-state index is 13.4. The lowest BCUT2D eigenvalue weighted by molar-refractivity contribution is -0.122. The Hall–Kier alpha value is -4.34. The fraction of sp³-hybridized carbons (Fsp3) is 0.280. The molecule has 2 aromatic carbocycles. The van der Waals surface area contributed by atoms with Crippen LogP contribution in [0.15, 0.2) is 64.4 Å². The topological polar surface area (TPSA) is 109 Å². The van der Waals surface area contributed by atoms with Crippen LogP contribution in [0.3, 0.4) is 0 Å². The van der Waals surface area contributed by atoms with E-state index < -0.39 is 23.7 Å². The molecule has 35 heavy (non-hydrogen) atoms. The van der Waals surface area contributed by atoms with Gasteiger partial charge in [-0.05, 0) is 37.1 Å². The SMILES string of the molecule is CCn1cnc2c1c(=O)n(CC(=O)N[C@H](C)c1ccc3c(c1)OCO3)c(=O)n2Cc1ccccc1. The summed E-state index contributed by atoms with van der Waals surface area (Å²) in [6.07, 6.45) is 1.54. The minimum Gasteiger partial charge on any atom is -0.454 e. The Labute approximate surface area is 200 Å². The summed E-state index contributed by atoms with van der Waals surface area (Å²) in [6, 6.07) is 14.5. The third-order valence-electron chi connectivity index (χ3n) is 6.08. The van der Waals surface area contributed by atoms with Gasteiger partial charge in [-0.25, -0.2) is 14.3 Å². The second-order valence-electron chi connectivity index (χ2n) is 8.35. The number of carbonyl (C=O) groups excluding carboxylic acids is 1. The van der Waals surface area contributed by atoms with Crippen molar-refractivity contribution in [3.63, 3.8) is 0 Å². The normalized spacial score (nSPS) is 13.2. The number of aryl methyl sites for hydroxylation is 1. The molecular weight excluding hydrogens is 450 g/mol. The molecule has 4 aromatic rings. The zero-order chi connectivity index (χ0) is 24.5. The summed E-state index contributed by atoms with van der Waals surface area (Å²) in [4.78, 5) is 44.0. The van der Waals surface area contributed by atoms with Crippen molar-refractivity contribution >= 4 is 17.1 Å². The first kappa shape index (κ1) is 22.5. The van der Waals surface area contributed by atoms with Gasteiger partial charge in [0.2, 0.25) is 12.7 Å². The molecule has 0 saturated heterocycles. The number of hydrogen-bond donors (Lipinski definition) is 1. The molecule has 5 rings (SSSR count).